The van der Waals surface area contributed by atoms with Crippen LogP contribution >= 0.6 is 11.8 Å². The zero-order chi connectivity index (χ0) is 20.6. The summed E-state index contributed by atoms with van der Waals surface area (Å²) in [6.07, 6.45) is 5.12. The molecule has 10 heteroatoms. The molecule has 3 aliphatic rings. The summed E-state index contributed by atoms with van der Waals surface area (Å²) in [7, 11) is 0. The van der Waals surface area contributed by atoms with Gasteiger partial charge < -0.3 is 20.0 Å². The molecule has 2 aliphatic heterocycles. The molecule has 0 aromatic carbocycles. The van der Waals surface area contributed by atoms with E-state index in [2.05, 4.69) is 16.7 Å². The number of amides is 1. The number of aliphatic imine (C=N–C) groups is 1. The summed E-state index contributed by atoms with van der Waals surface area (Å²) < 4.78 is -0.658. The van der Waals surface area contributed by atoms with Crippen molar-refractivity contribution in [2.75, 3.05) is 0 Å². The second-order valence-electron chi connectivity index (χ2n) is 8.06. The van der Waals surface area contributed by atoms with Crippen molar-refractivity contribution in [3.05, 3.63) is 12.2 Å². The zero-order valence-electron chi connectivity index (χ0n) is 17.4. The van der Waals surface area contributed by atoms with Crippen LogP contribution in [0.1, 0.15) is 52.9 Å². The number of carboxylic acids is 1. The number of hydrogen-bond acceptors (Lipinski definition) is 7. The molecule has 3 atom stereocenters. The van der Waals surface area contributed by atoms with Crippen LogP contribution in [0.3, 0.4) is 0 Å². The van der Waals surface area contributed by atoms with Crippen LogP contribution in [0.4, 0.5) is 0 Å². The maximum absolute atomic E-state index is 12.6. The molecule has 0 bridgehead atoms. The third-order valence-corrected chi connectivity index (χ3v) is 6.91. The SMILES string of the molecule is C=C(C)/C(=N\OC1CCCCC1)C([O-])=N[C@@H]1C(=O)N2[C@@H]1SC(C)(C)[C@@H]2C(=O)O.[Na+]. The maximum atomic E-state index is 12.6. The van der Waals surface area contributed by atoms with E-state index in [1.54, 1.807) is 20.8 Å². The Balaban J connectivity index is 0.00000300. The standard InChI is InChI=1S/C19H27N3O5S.Na/c1-10(2)12(21-27-11-8-6-5-7-9-11)15(23)20-13-16(24)22-14(18(25)26)19(3,4)28-17(13)22;/h11,13-14,17H,1,5-9H2,2-4H3,(H,20,23)(H,25,26);/q;+1/p-1/b21-12+;/t13-,14+,17-;/m1./s1. The summed E-state index contributed by atoms with van der Waals surface area (Å²) in [5.41, 5.74) is 0.421. The van der Waals surface area contributed by atoms with Crippen molar-refractivity contribution < 1.29 is 54.2 Å². The zero-order valence-corrected chi connectivity index (χ0v) is 20.2. The topological polar surface area (TPSA) is 115 Å². The quantitative estimate of drug-likeness (QED) is 0.181. The van der Waals surface area contributed by atoms with Gasteiger partial charge in [0.15, 0.2) is 6.04 Å². The van der Waals surface area contributed by atoms with E-state index in [1.165, 1.54) is 23.1 Å². The van der Waals surface area contributed by atoms with Crippen LogP contribution in [0.5, 0.6) is 0 Å². The number of rotatable bonds is 6. The minimum atomic E-state index is -1.05. The van der Waals surface area contributed by atoms with Crippen molar-refractivity contribution in [3.63, 3.8) is 0 Å². The predicted octanol–water partition coefficient (Wildman–Crippen LogP) is -1.45. The van der Waals surface area contributed by atoms with Crippen molar-refractivity contribution >= 4 is 35.2 Å². The summed E-state index contributed by atoms with van der Waals surface area (Å²) in [6, 6.07) is -1.83. The van der Waals surface area contributed by atoms with Gasteiger partial charge in [-0.25, -0.2) is 4.79 Å². The monoisotopic (exact) mass is 431 g/mol. The van der Waals surface area contributed by atoms with Crippen LogP contribution < -0.4 is 34.7 Å². The van der Waals surface area contributed by atoms with Crippen molar-refractivity contribution in [2.45, 2.75) is 81.2 Å². The van der Waals surface area contributed by atoms with Crippen molar-refractivity contribution in [1.82, 2.24) is 4.90 Å². The van der Waals surface area contributed by atoms with Crippen LogP contribution in [-0.2, 0) is 14.4 Å². The van der Waals surface area contributed by atoms with Gasteiger partial charge in [-0.3, -0.25) is 9.79 Å². The number of oxime groups is 1. The van der Waals surface area contributed by atoms with Crippen LogP contribution in [-0.4, -0.2) is 61.8 Å². The number of β-lactam (4-membered cyclic amide) rings is 1. The van der Waals surface area contributed by atoms with Gasteiger partial charge in [-0.15, -0.1) is 11.8 Å². The van der Waals surface area contributed by atoms with E-state index in [-0.39, 0.29) is 41.4 Å². The van der Waals surface area contributed by atoms with Gasteiger partial charge in [0.25, 0.3) is 5.91 Å². The minimum absolute atomic E-state index is 0. The summed E-state index contributed by atoms with van der Waals surface area (Å²) in [6.45, 7) is 8.96. The number of thioether (sulfide) groups is 1. The van der Waals surface area contributed by atoms with E-state index in [4.69, 9.17) is 4.84 Å². The van der Waals surface area contributed by atoms with Gasteiger partial charge in [-0.2, -0.15) is 0 Å². The van der Waals surface area contributed by atoms with E-state index in [1.807, 2.05) is 0 Å². The number of carbonyl (C=O) groups excluding carboxylic acids is 1. The molecule has 1 N–H and O–H groups in total. The Morgan fingerprint density at radius 2 is 1.97 bits per heavy atom. The first kappa shape index (κ1) is 24.2. The van der Waals surface area contributed by atoms with Crippen LogP contribution in [0.25, 0.3) is 0 Å². The average Bonchev–Trinajstić information content (AvgIpc) is 2.88. The molecule has 1 amide bonds. The first-order valence-corrected chi connectivity index (χ1v) is 10.4. The van der Waals surface area contributed by atoms with Gasteiger partial charge >= 0.3 is 35.5 Å². The molecule has 3 fully saturated rings. The van der Waals surface area contributed by atoms with Crippen molar-refractivity contribution in [3.8, 4) is 0 Å². The molecule has 2 saturated heterocycles. The Hall–Kier alpha value is -1.03. The van der Waals surface area contributed by atoms with E-state index >= 15 is 0 Å². The molecule has 29 heavy (non-hydrogen) atoms. The molecule has 0 aromatic rings. The fraction of sp³-hybridized carbons (Fsp3) is 0.684. The van der Waals surface area contributed by atoms with E-state index in [0.29, 0.717) is 5.57 Å². The number of hydrogen-bond donors (Lipinski definition) is 1. The van der Waals surface area contributed by atoms with Crippen molar-refractivity contribution in [1.29, 1.82) is 0 Å². The van der Waals surface area contributed by atoms with Gasteiger partial charge in [0.05, 0.1) is 0 Å². The molecule has 1 aliphatic carbocycles. The third-order valence-electron chi connectivity index (χ3n) is 5.36. The fourth-order valence-corrected chi connectivity index (χ4v) is 5.51. The Morgan fingerprint density at radius 3 is 2.52 bits per heavy atom. The first-order valence-electron chi connectivity index (χ1n) is 9.51. The van der Waals surface area contributed by atoms with E-state index in [9.17, 15) is 19.8 Å². The van der Waals surface area contributed by atoms with Gasteiger partial charge in [0.2, 0.25) is 0 Å². The Labute approximate surface area is 197 Å². The van der Waals surface area contributed by atoms with Crippen molar-refractivity contribution in [2.24, 2.45) is 10.1 Å². The van der Waals surface area contributed by atoms with Crippen LogP contribution in [0, 0.1) is 0 Å². The maximum Gasteiger partial charge on any atom is 1.00 e. The normalized spacial score (nSPS) is 29.6. The third kappa shape index (κ3) is 4.84. The number of carboxylic acid groups (broad SMARTS) is 1. The largest absolute Gasteiger partial charge is 1.00 e. The molecule has 0 radical (unpaired) electrons. The first-order chi connectivity index (χ1) is 13.1. The number of nitrogens with zero attached hydrogens (tertiary/aromatic N) is 3. The smallest absolute Gasteiger partial charge is 0.857 e. The second-order valence-corrected chi connectivity index (χ2v) is 9.83. The van der Waals surface area contributed by atoms with Crippen LogP contribution in [0.2, 0.25) is 0 Å². The molecular weight excluding hydrogens is 405 g/mol. The van der Waals surface area contributed by atoms with Crippen LogP contribution in [0.15, 0.2) is 22.3 Å². The molecule has 0 spiro atoms. The fourth-order valence-electron chi connectivity index (χ4n) is 3.90. The number of aliphatic carboxylic acids is 1. The Kier molecular flexibility index (Phi) is 7.86. The van der Waals surface area contributed by atoms with Gasteiger partial charge in [-0.1, -0.05) is 18.2 Å². The molecule has 2 heterocycles. The molecule has 0 aromatic heterocycles. The average molecular weight is 431 g/mol. The molecule has 8 nitrogen and oxygen atoms in total. The van der Waals surface area contributed by atoms with Gasteiger partial charge in [0.1, 0.15) is 23.2 Å². The van der Waals surface area contributed by atoms with Gasteiger partial charge in [0, 0.05) is 10.6 Å². The second kappa shape index (κ2) is 9.41. The molecule has 3 rings (SSSR count). The molecule has 0 unspecified atom stereocenters. The summed E-state index contributed by atoms with van der Waals surface area (Å²) in [4.78, 5) is 34.9. The summed E-state index contributed by atoms with van der Waals surface area (Å²) in [5, 5.41) is 25.6. The predicted molar refractivity (Wildman–Crippen MR) is 105 cm³/mol. The Bertz CT molecular complexity index is 748. The number of fused-ring (bicyclic) bond motifs is 1. The summed E-state index contributed by atoms with van der Waals surface area (Å²) in [5.74, 6) is -2.15. The van der Waals surface area contributed by atoms with E-state index in [0.717, 1.165) is 25.7 Å². The Morgan fingerprint density at radius 1 is 1.34 bits per heavy atom. The minimum Gasteiger partial charge on any atom is -0.857 e. The molecule has 1 saturated carbocycles. The number of carbonyl (C=O) groups is 2. The summed E-state index contributed by atoms with van der Waals surface area (Å²) >= 11 is 1.35. The molecule has 154 valence electrons. The van der Waals surface area contributed by atoms with E-state index < -0.39 is 40.0 Å². The molecular formula is C19H26N3NaO5S. The van der Waals surface area contributed by atoms with Gasteiger partial charge in [-0.05, 0) is 52.0 Å².